The van der Waals surface area contributed by atoms with E-state index in [1.54, 1.807) is 24.1 Å². The molecule has 0 radical (unpaired) electrons. The van der Waals surface area contributed by atoms with Gasteiger partial charge in [0, 0.05) is 31.7 Å². The third kappa shape index (κ3) is 7.00. The Morgan fingerprint density at radius 1 is 0.973 bits per heavy atom. The zero-order valence-electron chi connectivity index (χ0n) is 22.4. The molecule has 0 aliphatic carbocycles. The summed E-state index contributed by atoms with van der Waals surface area (Å²) in [6.45, 7) is 7.95. The number of anilines is 1. The van der Waals surface area contributed by atoms with Crippen LogP contribution in [0.2, 0.25) is 0 Å². The van der Waals surface area contributed by atoms with Gasteiger partial charge in [-0.15, -0.1) is 12.4 Å². The average Bonchev–Trinajstić information content (AvgIpc) is 3.30. The van der Waals surface area contributed by atoms with Crippen molar-refractivity contribution in [3.8, 4) is 5.75 Å². The number of halogens is 1. The summed E-state index contributed by atoms with van der Waals surface area (Å²) in [5, 5.41) is 0.582. The molecule has 0 N–H and O–H groups in total. The highest BCUT2D eigenvalue weighted by atomic mass is 35.5. The minimum atomic E-state index is -3.61. The molecule has 0 atom stereocenters. The van der Waals surface area contributed by atoms with Crippen LogP contribution in [0.3, 0.4) is 0 Å². The Morgan fingerprint density at radius 3 is 2.14 bits per heavy atom. The number of aromatic nitrogens is 1. The lowest BCUT2D eigenvalue weighted by atomic mass is 10.2. The second kappa shape index (κ2) is 13.5. The van der Waals surface area contributed by atoms with Crippen LogP contribution in [0.15, 0.2) is 41.3 Å². The van der Waals surface area contributed by atoms with Crippen molar-refractivity contribution in [3.05, 3.63) is 47.5 Å². The molecular formula is C26H37ClN4O4S2. The fourth-order valence-corrected chi connectivity index (χ4v) is 6.59. The van der Waals surface area contributed by atoms with Gasteiger partial charge in [-0.1, -0.05) is 31.3 Å². The number of thiazole rings is 1. The second-order valence-electron chi connectivity index (χ2n) is 8.95. The first-order valence-corrected chi connectivity index (χ1v) is 14.4. The van der Waals surface area contributed by atoms with E-state index in [4.69, 9.17) is 9.72 Å². The molecule has 3 aromatic rings. The Kier molecular flexibility index (Phi) is 11.3. The van der Waals surface area contributed by atoms with Gasteiger partial charge in [-0.2, -0.15) is 4.31 Å². The van der Waals surface area contributed by atoms with Crippen molar-refractivity contribution in [1.82, 2.24) is 14.2 Å². The molecule has 0 aliphatic rings. The summed E-state index contributed by atoms with van der Waals surface area (Å²) in [7, 11) is 1.89. The number of hydrogen-bond acceptors (Lipinski definition) is 7. The molecule has 11 heteroatoms. The van der Waals surface area contributed by atoms with Crippen molar-refractivity contribution in [2.24, 2.45) is 0 Å². The highest BCUT2D eigenvalue weighted by molar-refractivity contribution is 7.89. The van der Waals surface area contributed by atoms with Crippen molar-refractivity contribution in [2.75, 3.05) is 52.3 Å². The summed E-state index contributed by atoms with van der Waals surface area (Å²) < 4.78 is 34.2. The average molecular weight is 569 g/mol. The van der Waals surface area contributed by atoms with Gasteiger partial charge in [-0.05, 0) is 69.8 Å². The normalized spacial score (nSPS) is 11.7. The molecule has 204 valence electrons. The standard InChI is InChI=1S/C26H36N4O4S2.ClH/c1-7-15-29(16-8-2)36(32,33)21-12-10-20(11-13-21)25(31)30(18-17-28(4)5)26-27-23-22(34-6)14-9-19(3)24(23)35-26;/h9-14H,7-8,15-18H2,1-6H3;1H. The topological polar surface area (TPSA) is 83.1 Å². The van der Waals surface area contributed by atoms with Crippen LogP contribution >= 0.6 is 23.7 Å². The Labute approximate surface area is 230 Å². The van der Waals surface area contributed by atoms with Crippen LogP contribution in [0.25, 0.3) is 10.2 Å². The summed E-state index contributed by atoms with van der Waals surface area (Å²) in [5.74, 6) is 0.437. The third-order valence-corrected chi connectivity index (χ3v) is 8.97. The number of methoxy groups -OCH3 is 1. The number of aryl methyl sites for hydroxylation is 1. The van der Waals surface area contributed by atoms with E-state index in [2.05, 4.69) is 0 Å². The summed E-state index contributed by atoms with van der Waals surface area (Å²) in [5.41, 5.74) is 2.20. The van der Waals surface area contributed by atoms with Crippen molar-refractivity contribution in [1.29, 1.82) is 0 Å². The fourth-order valence-electron chi connectivity index (χ4n) is 3.89. The van der Waals surface area contributed by atoms with Crippen molar-refractivity contribution < 1.29 is 17.9 Å². The van der Waals surface area contributed by atoms with E-state index >= 15 is 0 Å². The lowest BCUT2D eigenvalue weighted by Gasteiger charge is -2.23. The predicted molar refractivity (Wildman–Crippen MR) is 154 cm³/mol. The molecule has 0 saturated carbocycles. The van der Waals surface area contributed by atoms with E-state index in [0.29, 0.717) is 42.6 Å². The SMILES string of the molecule is CCCN(CCC)S(=O)(=O)c1ccc(C(=O)N(CCN(C)C)c2nc3c(OC)ccc(C)c3s2)cc1.Cl. The quantitative estimate of drug-likeness (QED) is 0.304. The predicted octanol–water partition coefficient (Wildman–Crippen LogP) is 5.05. The first kappa shape index (κ1) is 31.0. The number of carbonyl (C=O) groups excluding carboxylic acids is 1. The summed E-state index contributed by atoms with van der Waals surface area (Å²) in [6, 6.07) is 10.1. The Bertz CT molecular complexity index is 1290. The van der Waals surface area contributed by atoms with Gasteiger partial charge in [0.2, 0.25) is 10.0 Å². The maximum atomic E-state index is 13.7. The molecule has 1 amide bonds. The lowest BCUT2D eigenvalue weighted by molar-refractivity contribution is 0.0985. The van der Waals surface area contributed by atoms with E-state index in [0.717, 1.165) is 28.6 Å². The largest absolute Gasteiger partial charge is 0.494 e. The molecule has 0 bridgehead atoms. The molecule has 8 nitrogen and oxygen atoms in total. The number of nitrogens with zero attached hydrogens (tertiary/aromatic N) is 4. The van der Waals surface area contributed by atoms with Crippen molar-refractivity contribution in [2.45, 2.75) is 38.5 Å². The van der Waals surface area contributed by atoms with Gasteiger partial charge in [0.05, 0.1) is 16.7 Å². The smallest absolute Gasteiger partial charge is 0.260 e. The molecule has 2 aromatic carbocycles. The number of benzene rings is 2. The number of likely N-dealkylation sites (N-methyl/N-ethyl adjacent to an activating group) is 1. The molecule has 0 saturated heterocycles. The zero-order chi connectivity index (χ0) is 26.5. The summed E-state index contributed by atoms with van der Waals surface area (Å²) >= 11 is 1.45. The van der Waals surface area contributed by atoms with Crippen LogP contribution in [-0.2, 0) is 10.0 Å². The third-order valence-electron chi connectivity index (χ3n) is 5.84. The molecule has 37 heavy (non-hydrogen) atoms. The number of sulfonamides is 1. The van der Waals surface area contributed by atoms with E-state index in [9.17, 15) is 13.2 Å². The molecular weight excluding hydrogens is 532 g/mol. The monoisotopic (exact) mass is 568 g/mol. The van der Waals surface area contributed by atoms with Crippen LogP contribution in [0, 0.1) is 6.92 Å². The number of rotatable bonds is 12. The minimum Gasteiger partial charge on any atom is -0.494 e. The van der Waals surface area contributed by atoms with Gasteiger partial charge in [0.1, 0.15) is 11.3 Å². The number of ether oxygens (including phenoxy) is 1. The van der Waals surface area contributed by atoms with Crippen LogP contribution in [0.1, 0.15) is 42.6 Å². The van der Waals surface area contributed by atoms with Gasteiger partial charge < -0.3 is 9.64 Å². The molecule has 3 rings (SSSR count). The maximum absolute atomic E-state index is 13.7. The number of amides is 1. The minimum absolute atomic E-state index is 0. The Hall–Kier alpha value is -2.24. The van der Waals surface area contributed by atoms with Gasteiger partial charge >= 0.3 is 0 Å². The summed E-state index contributed by atoms with van der Waals surface area (Å²) in [6.07, 6.45) is 1.48. The number of fused-ring (bicyclic) bond motifs is 1. The Morgan fingerprint density at radius 2 is 1.59 bits per heavy atom. The highest BCUT2D eigenvalue weighted by Crippen LogP contribution is 2.36. The first-order valence-electron chi connectivity index (χ1n) is 12.1. The van der Waals surface area contributed by atoms with E-state index in [1.807, 2.05) is 51.9 Å². The number of carbonyl (C=O) groups is 1. The van der Waals surface area contributed by atoms with Crippen LogP contribution in [-0.4, -0.2) is 75.9 Å². The Balaban J connectivity index is 0.00000481. The van der Waals surface area contributed by atoms with Crippen LogP contribution in [0.4, 0.5) is 5.13 Å². The first-order chi connectivity index (χ1) is 17.1. The maximum Gasteiger partial charge on any atom is 0.260 e. The van der Waals surface area contributed by atoms with Gasteiger partial charge in [-0.25, -0.2) is 13.4 Å². The lowest BCUT2D eigenvalue weighted by Crippen LogP contribution is -2.36. The molecule has 0 fully saturated rings. The zero-order valence-corrected chi connectivity index (χ0v) is 24.8. The molecule has 1 heterocycles. The van der Waals surface area contributed by atoms with Crippen molar-refractivity contribution >= 4 is 55.0 Å². The van der Waals surface area contributed by atoms with Gasteiger partial charge in [0.15, 0.2) is 5.13 Å². The van der Waals surface area contributed by atoms with Gasteiger partial charge in [-0.3, -0.25) is 9.69 Å². The highest BCUT2D eigenvalue weighted by Gasteiger charge is 2.26. The van der Waals surface area contributed by atoms with E-state index in [1.165, 1.54) is 27.8 Å². The van der Waals surface area contributed by atoms with Crippen LogP contribution in [0.5, 0.6) is 5.75 Å². The van der Waals surface area contributed by atoms with Crippen LogP contribution < -0.4 is 9.64 Å². The summed E-state index contributed by atoms with van der Waals surface area (Å²) in [4.78, 5) is 22.3. The van der Waals surface area contributed by atoms with E-state index < -0.39 is 10.0 Å². The molecule has 0 unspecified atom stereocenters. The second-order valence-corrected chi connectivity index (χ2v) is 11.9. The van der Waals surface area contributed by atoms with Crippen molar-refractivity contribution in [3.63, 3.8) is 0 Å². The van der Waals surface area contributed by atoms with E-state index in [-0.39, 0.29) is 23.2 Å². The fraction of sp³-hybridized carbons (Fsp3) is 0.462. The molecule has 1 aromatic heterocycles. The van der Waals surface area contributed by atoms with Gasteiger partial charge in [0.25, 0.3) is 5.91 Å². The molecule has 0 spiro atoms. The molecule has 0 aliphatic heterocycles. The number of hydrogen-bond donors (Lipinski definition) is 0.